The standard InChI is InChI=1S/C23H20N2O7S/c1-31-22-10-9-19(33(29,30)24-12-11-17-6-2-3-8-21(17)24)14-20(22)23(26)32-15-16-5-4-7-18(13-16)25(27)28/h2-10,13-14H,11-12,15H2,1H3. The zero-order valence-electron chi connectivity index (χ0n) is 17.6. The van der Waals surface area contributed by atoms with Crippen LogP contribution in [0.5, 0.6) is 5.75 Å². The second-order valence-corrected chi connectivity index (χ2v) is 9.18. The zero-order valence-corrected chi connectivity index (χ0v) is 18.4. The molecular weight excluding hydrogens is 448 g/mol. The maximum atomic E-state index is 13.3. The molecule has 0 saturated heterocycles. The van der Waals surface area contributed by atoms with Crippen molar-refractivity contribution in [2.45, 2.75) is 17.9 Å². The lowest BCUT2D eigenvalue weighted by Crippen LogP contribution is -2.29. The van der Waals surface area contributed by atoms with Crippen molar-refractivity contribution in [3.63, 3.8) is 0 Å². The van der Waals surface area contributed by atoms with Crippen LogP contribution in [-0.2, 0) is 27.8 Å². The van der Waals surface area contributed by atoms with Crippen molar-refractivity contribution in [2.75, 3.05) is 18.0 Å². The third kappa shape index (κ3) is 4.37. The van der Waals surface area contributed by atoms with Crippen LogP contribution in [0, 0.1) is 10.1 Å². The summed E-state index contributed by atoms with van der Waals surface area (Å²) < 4.78 is 38.5. The van der Waals surface area contributed by atoms with Gasteiger partial charge in [-0.2, -0.15) is 0 Å². The molecule has 0 radical (unpaired) electrons. The predicted octanol–water partition coefficient (Wildman–Crippen LogP) is 3.71. The zero-order chi connectivity index (χ0) is 23.6. The molecule has 0 atom stereocenters. The van der Waals surface area contributed by atoms with Crippen LogP contribution in [0.25, 0.3) is 0 Å². The molecule has 4 rings (SSSR count). The molecule has 0 saturated carbocycles. The molecule has 33 heavy (non-hydrogen) atoms. The third-order valence-corrected chi connectivity index (χ3v) is 7.12. The van der Waals surface area contributed by atoms with Crippen LogP contribution in [0.2, 0.25) is 0 Å². The van der Waals surface area contributed by atoms with Gasteiger partial charge in [0, 0.05) is 18.7 Å². The molecule has 0 bridgehead atoms. The van der Waals surface area contributed by atoms with Gasteiger partial charge in [-0.25, -0.2) is 13.2 Å². The van der Waals surface area contributed by atoms with E-state index in [9.17, 15) is 23.3 Å². The van der Waals surface area contributed by atoms with Crippen LogP contribution in [0.3, 0.4) is 0 Å². The number of anilines is 1. The maximum Gasteiger partial charge on any atom is 0.342 e. The lowest BCUT2D eigenvalue weighted by atomic mass is 10.2. The molecule has 9 nitrogen and oxygen atoms in total. The SMILES string of the molecule is COc1ccc(S(=O)(=O)N2CCc3ccccc32)cc1C(=O)OCc1cccc([N+](=O)[O-])c1. The summed E-state index contributed by atoms with van der Waals surface area (Å²) >= 11 is 0. The van der Waals surface area contributed by atoms with Crippen molar-refractivity contribution in [1.29, 1.82) is 0 Å². The Morgan fingerprint density at radius 2 is 1.88 bits per heavy atom. The highest BCUT2D eigenvalue weighted by Gasteiger charge is 2.31. The van der Waals surface area contributed by atoms with Crippen LogP contribution in [-0.4, -0.2) is 33.0 Å². The van der Waals surface area contributed by atoms with Crippen LogP contribution < -0.4 is 9.04 Å². The number of benzene rings is 3. The van der Waals surface area contributed by atoms with Crippen molar-refractivity contribution < 1.29 is 27.6 Å². The number of nitrogens with zero attached hydrogens (tertiary/aromatic N) is 2. The number of rotatable bonds is 7. The fraction of sp³-hybridized carbons (Fsp3) is 0.174. The molecule has 0 aliphatic carbocycles. The largest absolute Gasteiger partial charge is 0.496 e. The quantitative estimate of drug-likeness (QED) is 0.295. The molecule has 0 N–H and O–H groups in total. The van der Waals surface area contributed by atoms with E-state index in [0.717, 1.165) is 5.56 Å². The number of sulfonamides is 1. The van der Waals surface area contributed by atoms with Gasteiger partial charge >= 0.3 is 5.97 Å². The van der Waals surface area contributed by atoms with Crippen molar-refractivity contribution >= 4 is 27.4 Å². The van der Waals surface area contributed by atoms with Crippen LogP contribution in [0.15, 0.2) is 71.6 Å². The topological polar surface area (TPSA) is 116 Å². The van der Waals surface area contributed by atoms with Gasteiger partial charge in [-0.3, -0.25) is 14.4 Å². The van der Waals surface area contributed by atoms with Gasteiger partial charge in [0.15, 0.2) is 0 Å². The third-order valence-electron chi connectivity index (χ3n) is 5.31. The summed E-state index contributed by atoms with van der Waals surface area (Å²) in [4.78, 5) is 23.1. The molecule has 1 heterocycles. The van der Waals surface area contributed by atoms with E-state index in [-0.39, 0.29) is 28.5 Å². The van der Waals surface area contributed by atoms with E-state index in [1.165, 1.54) is 47.8 Å². The molecule has 0 fully saturated rings. The lowest BCUT2D eigenvalue weighted by molar-refractivity contribution is -0.384. The van der Waals surface area contributed by atoms with Gasteiger partial charge in [-0.15, -0.1) is 0 Å². The average Bonchev–Trinajstić information content (AvgIpc) is 3.27. The Morgan fingerprint density at radius 1 is 1.09 bits per heavy atom. The summed E-state index contributed by atoms with van der Waals surface area (Å²) in [6.45, 7) is 0.0838. The minimum absolute atomic E-state index is 0.0588. The number of hydrogen-bond donors (Lipinski definition) is 0. The van der Waals surface area contributed by atoms with E-state index in [1.54, 1.807) is 18.2 Å². The summed E-state index contributed by atoms with van der Waals surface area (Å²) in [5.41, 5.74) is 1.79. The molecule has 0 aromatic heterocycles. The van der Waals surface area contributed by atoms with Crippen LogP contribution in [0.1, 0.15) is 21.5 Å². The molecule has 0 unspecified atom stereocenters. The summed E-state index contributed by atoms with van der Waals surface area (Å²) in [5.74, 6) is -0.656. The molecule has 170 valence electrons. The minimum atomic E-state index is -3.92. The van der Waals surface area contributed by atoms with Gasteiger partial charge < -0.3 is 9.47 Å². The van der Waals surface area contributed by atoms with E-state index in [1.807, 2.05) is 12.1 Å². The Bertz CT molecular complexity index is 1340. The number of carbonyl (C=O) groups excluding carboxylic acids is 1. The Hall–Kier alpha value is -3.92. The van der Waals surface area contributed by atoms with Crippen molar-refractivity contribution in [1.82, 2.24) is 0 Å². The van der Waals surface area contributed by atoms with Crippen molar-refractivity contribution in [3.8, 4) is 5.75 Å². The maximum absolute atomic E-state index is 13.3. The van der Waals surface area contributed by atoms with Crippen molar-refractivity contribution in [2.24, 2.45) is 0 Å². The number of methoxy groups -OCH3 is 1. The number of hydrogen-bond acceptors (Lipinski definition) is 7. The fourth-order valence-corrected chi connectivity index (χ4v) is 5.21. The first-order chi connectivity index (χ1) is 15.8. The van der Waals surface area contributed by atoms with Gasteiger partial charge in [0.05, 0.1) is 22.6 Å². The Labute approximate surface area is 190 Å². The van der Waals surface area contributed by atoms with E-state index < -0.39 is 20.9 Å². The van der Waals surface area contributed by atoms with Gasteiger partial charge in [0.25, 0.3) is 15.7 Å². The number of fused-ring (bicyclic) bond motifs is 1. The number of esters is 1. The first-order valence-electron chi connectivity index (χ1n) is 10.0. The second-order valence-electron chi connectivity index (χ2n) is 7.32. The van der Waals surface area contributed by atoms with Gasteiger partial charge in [0.1, 0.15) is 17.9 Å². The normalized spacial score (nSPS) is 12.8. The number of ether oxygens (including phenoxy) is 2. The monoisotopic (exact) mass is 468 g/mol. The molecule has 0 spiro atoms. The smallest absolute Gasteiger partial charge is 0.342 e. The van der Waals surface area contributed by atoms with Crippen molar-refractivity contribution in [3.05, 3.63) is 93.5 Å². The highest BCUT2D eigenvalue weighted by atomic mass is 32.2. The van der Waals surface area contributed by atoms with E-state index in [4.69, 9.17) is 9.47 Å². The summed E-state index contributed by atoms with van der Waals surface area (Å²) in [5, 5.41) is 10.9. The van der Waals surface area contributed by atoms with Gasteiger partial charge in [-0.1, -0.05) is 30.3 Å². The minimum Gasteiger partial charge on any atom is -0.496 e. The lowest BCUT2D eigenvalue weighted by Gasteiger charge is -2.20. The summed E-state index contributed by atoms with van der Waals surface area (Å²) in [6.07, 6.45) is 0.601. The number of para-hydroxylation sites is 1. The Kier molecular flexibility index (Phi) is 6.01. The molecule has 1 aliphatic heterocycles. The predicted molar refractivity (Wildman–Crippen MR) is 120 cm³/mol. The molecule has 0 amide bonds. The van der Waals surface area contributed by atoms with Crippen LogP contribution in [0.4, 0.5) is 11.4 Å². The van der Waals surface area contributed by atoms with Gasteiger partial charge in [-0.05, 0) is 41.8 Å². The molecule has 10 heteroatoms. The number of carbonyl (C=O) groups is 1. The first-order valence-corrected chi connectivity index (χ1v) is 11.4. The second kappa shape index (κ2) is 8.91. The highest BCUT2D eigenvalue weighted by Crippen LogP contribution is 2.34. The van der Waals surface area contributed by atoms with Gasteiger partial charge in [0.2, 0.25) is 0 Å². The first kappa shape index (κ1) is 22.3. The van der Waals surface area contributed by atoms with E-state index in [0.29, 0.717) is 24.2 Å². The Morgan fingerprint density at radius 3 is 2.64 bits per heavy atom. The van der Waals surface area contributed by atoms with Crippen LogP contribution >= 0.6 is 0 Å². The summed E-state index contributed by atoms with van der Waals surface area (Å²) in [6, 6.07) is 17.0. The fourth-order valence-electron chi connectivity index (χ4n) is 3.68. The highest BCUT2D eigenvalue weighted by molar-refractivity contribution is 7.92. The number of nitro groups is 1. The molecular formula is C23H20N2O7S. The van der Waals surface area contributed by atoms with E-state index >= 15 is 0 Å². The molecule has 3 aromatic rings. The van der Waals surface area contributed by atoms with E-state index in [2.05, 4.69) is 0 Å². The summed E-state index contributed by atoms with van der Waals surface area (Å²) in [7, 11) is -2.56. The molecule has 1 aliphatic rings. The number of nitro benzene ring substituents is 1. The Balaban J connectivity index is 1.60. The average molecular weight is 468 g/mol. The number of non-ortho nitro benzene ring substituents is 1. The molecule has 3 aromatic carbocycles.